The Labute approximate surface area is 164 Å². The highest BCUT2D eigenvalue weighted by Gasteiger charge is 2.31. The van der Waals surface area contributed by atoms with E-state index in [1.807, 2.05) is 30.9 Å². The maximum Gasteiger partial charge on any atom is 0.212 e. The van der Waals surface area contributed by atoms with Gasteiger partial charge in [0.25, 0.3) is 0 Å². The lowest BCUT2D eigenvalue weighted by Gasteiger charge is -2.26. The van der Waals surface area contributed by atoms with Gasteiger partial charge in [-0.15, -0.1) is 0 Å². The number of H-pyrrole nitrogens is 1. The van der Waals surface area contributed by atoms with Crippen LogP contribution in [0.1, 0.15) is 66.4 Å². The zero-order chi connectivity index (χ0) is 19.6. The van der Waals surface area contributed by atoms with Gasteiger partial charge >= 0.3 is 0 Å². The van der Waals surface area contributed by atoms with Crippen LogP contribution < -0.4 is 0 Å². The molecule has 5 nitrogen and oxygen atoms in total. The second-order valence-corrected chi connectivity index (χ2v) is 6.98. The fourth-order valence-electron chi connectivity index (χ4n) is 3.44. The fourth-order valence-corrected chi connectivity index (χ4v) is 3.69. The predicted molar refractivity (Wildman–Crippen MR) is 109 cm³/mol. The number of Topliss-reactive ketones (excluding diaryl/α,β-unsaturated/α-hetero) is 1. The number of aromatic nitrogens is 2. The first-order valence-electron chi connectivity index (χ1n) is 9.46. The number of likely N-dealkylation sites (N-methyl/N-ethyl adjacent to an activating group) is 1. The second-order valence-electron chi connectivity index (χ2n) is 6.57. The van der Waals surface area contributed by atoms with Crippen molar-refractivity contribution in [2.45, 2.75) is 40.0 Å². The average Bonchev–Trinajstić information content (AvgIpc) is 3.10. The number of aromatic amines is 1. The van der Waals surface area contributed by atoms with Crippen LogP contribution in [0.25, 0.3) is 15.9 Å². The highest BCUT2D eigenvalue weighted by Crippen LogP contribution is 2.33. The van der Waals surface area contributed by atoms with Crippen molar-refractivity contribution in [3.05, 3.63) is 46.8 Å². The molecule has 1 N–H and O–H groups in total. The van der Waals surface area contributed by atoms with E-state index in [4.69, 9.17) is 11.6 Å². The van der Waals surface area contributed by atoms with Crippen LogP contribution in [0.2, 0.25) is 0 Å². The Kier molecular flexibility index (Phi) is 5.80. The van der Waals surface area contributed by atoms with Crippen LogP contribution in [-0.4, -0.2) is 39.8 Å². The number of rotatable bonds is 7. The molecular formula is C21H24ClN3O2. The van der Waals surface area contributed by atoms with Gasteiger partial charge in [0.15, 0.2) is 5.78 Å². The summed E-state index contributed by atoms with van der Waals surface area (Å²) >= 11 is 6.44. The minimum atomic E-state index is -0.158. The standard InChI is InChI=1S/C21H24ClN3O2/c1-4-7-8-9-15(22)19-14-11-10-13-17(26)12-16(25(5-2)6-3)21(27)18(13)20(14)24-23-19/h9-12H,4-8H2,1-3H3,(H,23,24)/b15-9-. The van der Waals surface area contributed by atoms with Crippen LogP contribution in [-0.2, 0) is 0 Å². The lowest BCUT2D eigenvalue weighted by atomic mass is 9.90. The van der Waals surface area contributed by atoms with Crippen molar-refractivity contribution in [2.24, 2.45) is 0 Å². The van der Waals surface area contributed by atoms with Gasteiger partial charge < -0.3 is 4.90 Å². The van der Waals surface area contributed by atoms with E-state index in [1.165, 1.54) is 6.08 Å². The molecule has 1 aliphatic carbocycles. The van der Waals surface area contributed by atoms with Crippen LogP contribution in [0.4, 0.5) is 0 Å². The number of hydrogen-bond acceptors (Lipinski definition) is 4. The first kappa shape index (κ1) is 19.4. The molecule has 142 valence electrons. The number of halogens is 1. The highest BCUT2D eigenvalue weighted by molar-refractivity contribution is 6.49. The van der Waals surface area contributed by atoms with Crippen molar-refractivity contribution in [1.29, 1.82) is 0 Å². The molecule has 0 fully saturated rings. The number of carbonyl (C=O) groups excluding carboxylic acids is 2. The molecule has 0 unspecified atom stereocenters. The van der Waals surface area contributed by atoms with Gasteiger partial charge in [0, 0.05) is 30.1 Å². The molecule has 0 radical (unpaired) electrons. The Balaban J connectivity index is 2.10. The first-order chi connectivity index (χ1) is 13.0. The van der Waals surface area contributed by atoms with Crippen molar-refractivity contribution in [1.82, 2.24) is 15.1 Å². The largest absolute Gasteiger partial charge is 0.369 e. The van der Waals surface area contributed by atoms with E-state index >= 15 is 0 Å². The number of unbranched alkanes of at least 4 members (excludes halogenated alkanes) is 2. The highest BCUT2D eigenvalue weighted by atomic mass is 35.5. The van der Waals surface area contributed by atoms with Gasteiger partial charge in [0.1, 0.15) is 5.69 Å². The van der Waals surface area contributed by atoms with Crippen LogP contribution in [0.3, 0.4) is 0 Å². The predicted octanol–water partition coefficient (Wildman–Crippen LogP) is 4.94. The molecule has 3 rings (SSSR count). The lowest BCUT2D eigenvalue weighted by molar-refractivity contribution is 0.0954. The Morgan fingerprint density at radius 2 is 1.96 bits per heavy atom. The van der Waals surface area contributed by atoms with E-state index in [0.29, 0.717) is 46.2 Å². The number of fused-ring (bicyclic) bond motifs is 3. The summed E-state index contributed by atoms with van der Waals surface area (Å²) in [6.45, 7) is 7.38. The molecule has 0 amide bonds. The zero-order valence-corrected chi connectivity index (χ0v) is 16.7. The Morgan fingerprint density at radius 1 is 1.22 bits per heavy atom. The van der Waals surface area contributed by atoms with Crippen molar-refractivity contribution in [2.75, 3.05) is 13.1 Å². The van der Waals surface area contributed by atoms with Crippen molar-refractivity contribution < 1.29 is 9.59 Å². The Bertz CT molecular complexity index is 952. The summed E-state index contributed by atoms with van der Waals surface area (Å²) in [7, 11) is 0. The summed E-state index contributed by atoms with van der Waals surface area (Å²) in [6, 6.07) is 3.51. The molecule has 0 bridgehead atoms. The smallest absolute Gasteiger partial charge is 0.212 e. The maximum absolute atomic E-state index is 13.2. The number of hydrogen-bond donors (Lipinski definition) is 1. The summed E-state index contributed by atoms with van der Waals surface area (Å²) in [4.78, 5) is 27.7. The third-order valence-corrected chi connectivity index (χ3v) is 5.28. The van der Waals surface area contributed by atoms with E-state index in [0.717, 1.165) is 24.6 Å². The minimum Gasteiger partial charge on any atom is -0.369 e. The van der Waals surface area contributed by atoms with Gasteiger partial charge in [-0.25, -0.2) is 0 Å². The lowest BCUT2D eigenvalue weighted by Crippen LogP contribution is -2.31. The topological polar surface area (TPSA) is 66.1 Å². The van der Waals surface area contributed by atoms with E-state index in [2.05, 4.69) is 17.1 Å². The van der Waals surface area contributed by atoms with Gasteiger partial charge in [0.2, 0.25) is 5.78 Å². The normalized spacial score (nSPS) is 14.5. The molecule has 1 aromatic heterocycles. The van der Waals surface area contributed by atoms with Crippen LogP contribution in [0.15, 0.2) is 30.0 Å². The molecule has 0 atom stereocenters. The van der Waals surface area contributed by atoms with Gasteiger partial charge in [-0.1, -0.05) is 37.4 Å². The van der Waals surface area contributed by atoms with Crippen LogP contribution >= 0.6 is 11.6 Å². The number of ketones is 2. The summed E-state index contributed by atoms with van der Waals surface area (Å²) in [5, 5.41) is 8.59. The molecule has 0 saturated heterocycles. The van der Waals surface area contributed by atoms with E-state index in [9.17, 15) is 9.59 Å². The third-order valence-electron chi connectivity index (χ3n) is 4.94. The Hall–Kier alpha value is -2.40. The van der Waals surface area contributed by atoms with Crippen LogP contribution in [0, 0.1) is 0 Å². The Morgan fingerprint density at radius 3 is 2.63 bits per heavy atom. The molecule has 1 aliphatic rings. The number of benzene rings is 1. The van der Waals surface area contributed by atoms with E-state index in [-0.39, 0.29) is 11.6 Å². The number of allylic oxidation sites excluding steroid dienone is 3. The molecule has 1 heterocycles. The summed E-state index contributed by atoms with van der Waals surface area (Å²) < 4.78 is 0. The molecule has 0 saturated carbocycles. The number of nitrogens with zero attached hydrogens (tertiary/aromatic N) is 2. The first-order valence-corrected chi connectivity index (χ1v) is 9.83. The maximum atomic E-state index is 13.2. The van der Waals surface area contributed by atoms with Gasteiger partial charge in [0.05, 0.1) is 21.8 Å². The van der Waals surface area contributed by atoms with Crippen LogP contribution in [0.5, 0.6) is 0 Å². The molecule has 6 heteroatoms. The SMILES string of the molecule is CCCC/C=C(\Cl)c1n[nH]c2c3c(ccc12)C(=O)C=C(N(CC)CC)C3=O. The average molecular weight is 386 g/mol. The molecule has 0 aliphatic heterocycles. The summed E-state index contributed by atoms with van der Waals surface area (Å²) in [5.74, 6) is -0.311. The second kappa shape index (κ2) is 8.09. The summed E-state index contributed by atoms with van der Waals surface area (Å²) in [6.07, 6.45) is 6.42. The minimum absolute atomic E-state index is 0.153. The van der Waals surface area contributed by atoms with Crippen molar-refractivity contribution in [3.8, 4) is 0 Å². The van der Waals surface area contributed by atoms with Gasteiger partial charge in [-0.2, -0.15) is 5.10 Å². The molecular weight excluding hydrogens is 362 g/mol. The quantitative estimate of drug-likeness (QED) is 0.685. The van der Waals surface area contributed by atoms with E-state index < -0.39 is 0 Å². The molecule has 1 aromatic carbocycles. The number of carbonyl (C=O) groups is 2. The fraction of sp³-hybridized carbons (Fsp3) is 0.381. The molecule has 27 heavy (non-hydrogen) atoms. The van der Waals surface area contributed by atoms with Crippen molar-refractivity contribution in [3.63, 3.8) is 0 Å². The van der Waals surface area contributed by atoms with Gasteiger partial charge in [-0.3, -0.25) is 14.7 Å². The number of nitrogens with one attached hydrogen (secondary N) is 1. The monoisotopic (exact) mass is 385 g/mol. The zero-order valence-electron chi connectivity index (χ0n) is 15.9. The molecule has 2 aromatic rings. The summed E-state index contributed by atoms with van der Waals surface area (Å²) in [5.41, 5.74) is 2.42. The van der Waals surface area contributed by atoms with Crippen molar-refractivity contribution >= 4 is 39.1 Å². The third kappa shape index (κ3) is 3.44. The van der Waals surface area contributed by atoms with E-state index in [1.54, 1.807) is 6.07 Å². The van der Waals surface area contributed by atoms with Gasteiger partial charge in [-0.05, 0) is 32.4 Å². The molecule has 0 spiro atoms.